The predicted octanol–water partition coefficient (Wildman–Crippen LogP) is 1.96. The Balaban J connectivity index is 2.31. The van der Waals surface area contributed by atoms with Crippen molar-refractivity contribution in [2.45, 2.75) is 11.8 Å². The molecule has 0 radical (unpaired) electrons. The molecule has 0 amide bonds. The fourth-order valence-corrected chi connectivity index (χ4v) is 4.08. The smallest absolute Gasteiger partial charge is 0.345 e. The van der Waals surface area contributed by atoms with Crippen LogP contribution in [0.15, 0.2) is 29.3 Å². The van der Waals surface area contributed by atoms with Gasteiger partial charge in [-0.05, 0) is 19.1 Å². The fourth-order valence-electron chi connectivity index (χ4n) is 1.61. The molecule has 112 valence electrons. The first-order valence-electron chi connectivity index (χ1n) is 5.70. The van der Waals surface area contributed by atoms with E-state index in [2.05, 4.69) is 9.71 Å². The van der Waals surface area contributed by atoms with E-state index in [0.717, 1.165) is 17.4 Å². The van der Waals surface area contributed by atoms with Crippen molar-refractivity contribution in [1.29, 1.82) is 0 Å². The van der Waals surface area contributed by atoms with Gasteiger partial charge >= 0.3 is 5.97 Å². The molecular weight excluding hydrogens is 316 g/mol. The molecule has 0 aliphatic carbocycles. The van der Waals surface area contributed by atoms with Crippen LogP contribution in [0.1, 0.15) is 14.5 Å². The first-order chi connectivity index (χ1) is 9.83. The summed E-state index contributed by atoms with van der Waals surface area (Å²) in [6.45, 7) is 1.55. The van der Waals surface area contributed by atoms with Gasteiger partial charge in [-0.25, -0.2) is 18.2 Å². The van der Waals surface area contributed by atoms with Crippen LogP contribution in [0.2, 0.25) is 0 Å². The van der Waals surface area contributed by atoms with Gasteiger partial charge in [-0.1, -0.05) is 0 Å². The first kappa shape index (κ1) is 15.3. The maximum atomic E-state index is 12.3. The van der Waals surface area contributed by atoms with Gasteiger partial charge in [0.15, 0.2) is 0 Å². The number of hydrogen-bond acceptors (Lipinski definition) is 6. The monoisotopic (exact) mass is 328 g/mol. The van der Waals surface area contributed by atoms with Gasteiger partial charge in [0.2, 0.25) is 5.88 Å². The number of nitrogens with zero attached hydrogens (tertiary/aromatic N) is 1. The molecule has 2 aromatic rings. The van der Waals surface area contributed by atoms with E-state index in [9.17, 15) is 13.2 Å². The van der Waals surface area contributed by atoms with Crippen LogP contribution < -0.4 is 9.46 Å². The molecule has 7 nitrogen and oxygen atoms in total. The summed E-state index contributed by atoms with van der Waals surface area (Å²) in [6.07, 6.45) is 1.32. The third-order valence-corrected chi connectivity index (χ3v) is 5.25. The van der Waals surface area contributed by atoms with Crippen LogP contribution in [-0.2, 0) is 10.0 Å². The van der Waals surface area contributed by atoms with Gasteiger partial charge < -0.3 is 9.84 Å². The molecule has 0 aromatic carbocycles. The number of pyridine rings is 1. The summed E-state index contributed by atoms with van der Waals surface area (Å²) < 4.78 is 31.7. The van der Waals surface area contributed by atoms with E-state index < -0.39 is 16.0 Å². The van der Waals surface area contributed by atoms with Gasteiger partial charge in [0.25, 0.3) is 10.0 Å². The average molecular weight is 328 g/mol. The first-order valence-corrected chi connectivity index (χ1v) is 8.00. The molecular formula is C12H12N2O5S2. The largest absolute Gasteiger partial charge is 0.481 e. The number of nitrogens with one attached hydrogen (secondary N) is 1. The Morgan fingerprint density at radius 2 is 2.14 bits per heavy atom. The van der Waals surface area contributed by atoms with E-state index in [-0.39, 0.29) is 15.5 Å². The lowest BCUT2D eigenvalue weighted by molar-refractivity contribution is 0.0702. The van der Waals surface area contributed by atoms with Crippen LogP contribution in [0.25, 0.3) is 0 Å². The van der Waals surface area contributed by atoms with Crippen LogP contribution in [0.4, 0.5) is 5.69 Å². The Kier molecular flexibility index (Phi) is 4.14. The topological polar surface area (TPSA) is 106 Å². The Bertz CT molecular complexity index is 765. The standard InChI is InChI=1S/C12H12N2O5S2/c1-7-10(5-9(20-7)12(15)16)21(17,18)14-8-3-4-11(19-2)13-6-8/h3-6,14H,1-2H3,(H,15,16). The Hall–Kier alpha value is -2.13. The van der Waals surface area contributed by atoms with Crippen molar-refractivity contribution in [3.63, 3.8) is 0 Å². The number of ether oxygens (including phenoxy) is 1. The number of aromatic carboxylic acids is 1. The zero-order valence-electron chi connectivity index (χ0n) is 11.2. The molecule has 0 aliphatic heterocycles. The summed E-state index contributed by atoms with van der Waals surface area (Å²) >= 11 is 0.912. The minimum Gasteiger partial charge on any atom is -0.481 e. The van der Waals surface area contributed by atoms with E-state index in [1.165, 1.54) is 25.4 Å². The second-order valence-electron chi connectivity index (χ2n) is 4.03. The van der Waals surface area contributed by atoms with Crippen molar-refractivity contribution in [3.05, 3.63) is 34.2 Å². The minimum atomic E-state index is -3.86. The number of rotatable bonds is 5. The highest BCUT2D eigenvalue weighted by molar-refractivity contribution is 7.93. The highest BCUT2D eigenvalue weighted by Gasteiger charge is 2.22. The van der Waals surface area contributed by atoms with Crippen LogP contribution in [-0.4, -0.2) is 31.6 Å². The third-order valence-electron chi connectivity index (χ3n) is 2.57. The zero-order chi connectivity index (χ0) is 15.6. The van der Waals surface area contributed by atoms with Gasteiger partial charge in [0.05, 0.1) is 19.0 Å². The number of methoxy groups -OCH3 is 1. The minimum absolute atomic E-state index is 0.0271. The van der Waals surface area contributed by atoms with Crippen molar-refractivity contribution in [3.8, 4) is 5.88 Å². The number of aromatic nitrogens is 1. The zero-order valence-corrected chi connectivity index (χ0v) is 12.8. The number of thiophene rings is 1. The molecule has 2 heterocycles. The Labute approximate surface area is 125 Å². The lowest BCUT2D eigenvalue weighted by Crippen LogP contribution is -2.13. The number of carbonyl (C=O) groups is 1. The molecule has 0 spiro atoms. The highest BCUT2D eigenvalue weighted by Crippen LogP contribution is 2.27. The van der Waals surface area contributed by atoms with Gasteiger partial charge in [0, 0.05) is 10.9 Å². The molecule has 0 bridgehead atoms. The molecule has 0 aliphatic rings. The van der Waals surface area contributed by atoms with E-state index in [4.69, 9.17) is 9.84 Å². The van der Waals surface area contributed by atoms with Crippen LogP contribution in [0.5, 0.6) is 5.88 Å². The summed E-state index contributed by atoms with van der Waals surface area (Å²) in [5.41, 5.74) is 0.262. The predicted molar refractivity (Wildman–Crippen MR) is 77.6 cm³/mol. The van der Waals surface area contributed by atoms with Crippen LogP contribution >= 0.6 is 11.3 Å². The Morgan fingerprint density at radius 1 is 1.43 bits per heavy atom. The normalized spacial score (nSPS) is 11.1. The molecule has 9 heteroatoms. The van der Waals surface area contributed by atoms with Crippen molar-refractivity contribution in [2.24, 2.45) is 0 Å². The number of carboxylic acids is 1. The van der Waals surface area contributed by atoms with Gasteiger partial charge in [0.1, 0.15) is 9.77 Å². The maximum absolute atomic E-state index is 12.3. The SMILES string of the molecule is COc1ccc(NS(=O)(=O)c2cc(C(=O)O)sc2C)cn1. The van der Waals surface area contributed by atoms with Crippen LogP contribution in [0.3, 0.4) is 0 Å². The number of sulfonamides is 1. The second-order valence-corrected chi connectivity index (χ2v) is 6.94. The second kappa shape index (κ2) is 5.70. The van der Waals surface area contributed by atoms with E-state index in [1.54, 1.807) is 6.92 Å². The van der Waals surface area contributed by atoms with E-state index >= 15 is 0 Å². The van der Waals surface area contributed by atoms with Crippen molar-refractivity contribution in [1.82, 2.24) is 4.98 Å². The third kappa shape index (κ3) is 3.31. The number of aryl methyl sites for hydroxylation is 1. The summed E-state index contributed by atoms with van der Waals surface area (Å²) in [4.78, 5) is 15.1. The molecule has 0 unspecified atom stereocenters. The number of hydrogen-bond donors (Lipinski definition) is 2. The van der Waals surface area contributed by atoms with Crippen molar-refractivity contribution in [2.75, 3.05) is 11.8 Å². The maximum Gasteiger partial charge on any atom is 0.345 e. The highest BCUT2D eigenvalue weighted by atomic mass is 32.2. The van der Waals surface area contributed by atoms with Gasteiger partial charge in [-0.15, -0.1) is 11.3 Å². The average Bonchev–Trinajstić information content (AvgIpc) is 2.82. The summed E-state index contributed by atoms with van der Waals surface area (Å²) in [5.74, 6) is -0.798. The lowest BCUT2D eigenvalue weighted by atomic mass is 10.4. The lowest BCUT2D eigenvalue weighted by Gasteiger charge is -2.07. The summed E-state index contributed by atoms with van der Waals surface area (Å²) in [6, 6.07) is 4.16. The number of anilines is 1. The van der Waals surface area contributed by atoms with Crippen molar-refractivity contribution >= 4 is 33.0 Å². The molecule has 2 aromatic heterocycles. The van der Waals surface area contributed by atoms with Gasteiger partial charge in [-0.2, -0.15) is 0 Å². The Morgan fingerprint density at radius 3 is 2.62 bits per heavy atom. The summed E-state index contributed by atoms with van der Waals surface area (Å²) in [7, 11) is -2.41. The van der Waals surface area contributed by atoms with E-state index in [0.29, 0.717) is 10.8 Å². The van der Waals surface area contributed by atoms with Gasteiger partial charge in [-0.3, -0.25) is 4.72 Å². The molecule has 0 atom stereocenters. The number of carboxylic acid groups (broad SMARTS) is 1. The molecule has 2 rings (SSSR count). The molecule has 21 heavy (non-hydrogen) atoms. The molecule has 0 fully saturated rings. The fraction of sp³-hybridized carbons (Fsp3) is 0.167. The van der Waals surface area contributed by atoms with Crippen LogP contribution in [0, 0.1) is 6.92 Å². The van der Waals surface area contributed by atoms with Crippen molar-refractivity contribution < 1.29 is 23.1 Å². The van der Waals surface area contributed by atoms with E-state index in [1.807, 2.05) is 0 Å². The molecule has 0 saturated carbocycles. The molecule has 0 saturated heterocycles. The quantitative estimate of drug-likeness (QED) is 0.869. The molecule has 2 N–H and O–H groups in total. The summed E-state index contributed by atoms with van der Waals surface area (Å²) in [5, 5.41) is 8.91.